The predicted octanol–water partition coefficient (Wildman–Crippen LogP) is 3.33. The molecule has 6 nitrogen and oxygen atoms in total. The lowest BCUT2D eigenvalue weighted by atomic mass is 10.2. The number of halogens is 3. The summed E-state index contributed by atoms with van der Waals surface area (Å²) in [5, 5.41) is 2.27. The Balaban J connectivity index is 2.12. The highest BCUT2D eigenvalue weighted by molar-refractivity contribution is 7.89. The Hall–Kier alpha value is -2.59. The predicted molar refractivity (Wildman–Crippen MR) is 97.6 cm³/mol. The minimum absolute atomic E-state index is 0.0653. The zero-order valence-electron chi connectivity index (χ0n) is 15.3. The molecule has 2 aromatic rings. The van der Waals surface area contributed by atoms with Crippen molar-refractivity contribution in [2.24, 2.45) is 0 Å². The summed E-state index contributed by atoms with van der Waals surface area (Å²) < 4.78 is 70.4. The number of amides is 1. The van der Waals surface area contributed by atoms with Crippen LogP contribution in [0.25, 0.3) is 0 Å². The van der Waals surface area contributed by atoms with E-state index < -0.39 is 33.7 Å². The van der Waals surface area contributed by atoms with Gasteiger partial charge in [0, 0.05) is 5.69 Å². The summed E-state index contributed by atoms with van der Waals surface area (Å²) in [6.07, 6.45) is -4.56. The van der Waals surface area contributed by atoms with Gasteiger partial charge in [-0.05, 0) is 55.8 Å². The van der Waals surface area contributed by atoms with E-state index in [1.165, 1.54) is 38.3 Å². The Bertz CT molecular complexity index is 975. The molecule has 2 N–H and O–H groups in total. The number of carbonyl (C=O) groups excluding carboxylic acids is 1. The molecule has 0 aliphatic carbocycles. The molecule has 0 saturated heterocycles. The molecule has 2 aromatic carbocycles. The van der Waals surface area contributed by atoms with Crippen LogP contribution in [0.4, 0.5) is 18.9 Å². The normalized spacial score (nSPS) is 13.1. The minimum atomic E-state index is -4.56. The lowest BCUT2D eigenvalue weighted by Crippen LogP contribution is -2.41. The number of rotatable bonds is 6. The quantitative estimate of drug-likeness (QED) is 0.757. The Morgan fingerprint density at radius 2 is 1.82 bits per heavy atom. The molecule has 0 radical (unpaired) electrons. The number of sulfonamides is 1. The summed E-state index contributed by atoms with van der Waals surface area (Å²) in [5.41, 5.74) is -0.426. The fourth-order valence-electron chi connectivity index (χ4n) is 2.40. The van der Waals surface area contributed by atoms with Gasteiger partial charge in [-0.25, -0.2) is 8.42 Å². The molecule has 0 aliphatic heterocycles. The molecule has 0 heterocycles. The molecular weight excluding hydrogens is 397 g/mol. The largest absolute Gasteiger partial charge is 0.496 e. The zero-order valence-corrected chi connectivity index (χ0v) is 16.1. The van der Waals surface area contributed by atoms with E-state index in [1.54, 1.807) is 6.92 Å². The van der Waals surface area contributed by atoms with Gasteiger partial charge in [-0.2, -0.15) is 17.9 Å². The van der Waals surface area contributed by atoms with E-state index in [-0.39, 0.29) is 10.6 Å². The van der Waals surface area contributed by atoms with Gasteiger partial charge < -0.3 is 10.1 Å². The standard InChI is InChI=1S/C18H19F3N2O4S/c1-11-9-15(7-8-16(11)27-3)28(25,26)23-12(2)17(24)22-14-6-4-5-13(10-14)18(19,20)21/h4-10,12,23H,1-3H3,(H,22,24)/t12-/m1/s1. The summed E-state index contributed by atoms with van der Waals surface area (Å²) in [4.78, 5) is 12.1. The number of nitrogens with one attached hydrogen (secondary N) is 2. The SMILES string of the molecule is COc1ccc(S(=O)(=O)N[C@H](C)C(=O)Nc2cccc(C(F)(F)F)c2)cc1C. The number of anilines is 1. The Labute approximate surface area is 160 Å². The highest BCUT2D eigenvalue weighted by atomic mass is 32.2. The van der Waals surface area contributed by atoms with Crippen molar-refractivity contribution in [3.8, 4) is 5.75 Å². The van der Waals surface area contributed by atoms with Gasteiger partial charge in [0.25, 0.3) is 0 Å². The van der Waals surface area contributed by atoms with Gasteiger partial charge in [0.2, 0.25) is 15.9 Å². The van der Waals surface area contributed by atoms with Crippen molar-refractivity contribution in [2.75, 3.05) is 12.4 Å². The van der Waals surface area contributed by atoms with Gasteiger partial charge in [-0.1, -0.05) is 6.07 Å². The number of alkyl halides is 3. The van der Waals surface area contributed by atoms with Crippen LogP contribution < -0.4 is 14.8 Å². The second kappa shape index (κ2) is 8.19. The van der Waals surface area contributed by atoms with E-state index in [9.17, 15) is 26.4 Å². The highest BCUT2D eigenvalue weighted by Gasteiger charge is 2.30. The summed E-state index contributed by atoms with van der Waals surface area (Å²) in [5.74, 6) is -0.289. The first kappa shape index (κ1) is 21.7. The van der Waals surface area contributed by atoms with E-state index in [1.807, 2.05) is 0 Å². The number of aryl methyl sites for hydroxylation is 1. The molecule has 0 aromatic heterocycles. The first-order valence-electron chi connectivity index (χ1n) is 8.09. The second-order valence-corrected chi connectivity index (χ2v) is 7.76. The number of hydrogen-bond donors (Lipinski definition) is 2. The van der Waals surface area contributed by atoms with E-state index in [4.69, 9.17) is 4.74 Å². The van der Waals surface area contributed by atoms with Gasteiger partial charge in [0.15, 0.2) is 0 Å². The molecule has 0 bridgehead atoms. The van der Waals surface area contributed by atoms with Crippen LogP contribution >= 0.6 is 0 Å². The van der Waals surface area contributed by atoms with Gasteiger partial charge in [-0.15, -0.1) is 0 Å². The number of benzene rings is 2. The van der Waals surface area contributed by atoms with Crippen LogP contribution in [0.2, 0.25) is 0 Å². The van der Waals surface area contributed by atoms with Gasteiger partial charge in [0.05, 0.1) is 23.6 Å². The average Bonchev–Trinajstić information content (AvgIpc) is 2.60. The number of hydrogen-bond acceptors (Lipinski definition) is 4. The third-order valence-electron chi connectivity index (χ3n) is 3.86. The lowest BCUT2D eigenvalue weighted by Gasteiger charge is -2.16. The van der Waals surface area contributed by atoms with Crippen molar-refractivity contribution >= 4 is 21.6 Å². The van der Waals surface area contributed by atoms with Crippen LogP contribution in [-0.4, -0.2) is 27.5 Å². The third kappa shape index (κ3) is 5.23. The molecular formula is C18H19F3N2O4S. The molecule has 0 aliphatic rings. The monoisotopic (exact) mass is 416 g/mol. The summed E-state index contributed by atoms with van der Waals surface area (Å²) in [6, 6.07) is 7.04. The van der Waals surface area contributed by atoms with E-state index in [0.29, 0.717) is 11.3 Å². The molecule has 28 heavy (non-hydrogen) atoms. The van der Waals surface area contributed by atoms with Crippen molar-refractivity contribution in [2.45, 2.75) is 31.0 Å². The Kier molecular flexibility index (Phi) is 6.35. The molecule has 0 spiro atoms. The third-order valence-corrected chi connectivity index (χ3v) is 5.40. The van der Waals surface area contributed by atoms with Crippen molar-refractivity contribution in [1.29, 1.82) is 0 Å². The lowest BCUT2D eigenvalue weighted by molar-refractivity contribution is -0.137. The molecule has 2 rings (SSSR count). The minimum Gasteiger partial charge on any atom is -0.496 e. The topological polar surface area (TPSA) is 84.5 Å². The molecule has 0 unspecified atom stereocenters. The molecule has 1 amide bonds. The van der Waals surface area contributed by atoms with Crippen LogP contribution in [0.3, 0.4) is 0 Å². The first-order valence-corrected chi connectivity index (χ1v) is 9.57. The average molecular weight is 416 g/mol. The summed E-state index contributed by atoms with van der Waals surface area (Å²) in [6.45, 7) is 2.96. The number of methoxy groups -OCH3 is 1. The van der Waals surface area contributed by atoms with Crippen molar-refractivity contribution < 1.29 is 31.1 Å². The fourth-order valence-corrected chi connectivity index (χ4v) is 3.68. The fraction of sp³-hybridized carbons (Fsp3) is 0.278. The molecule has 0 fully saturated rings. The van der Waals surface area contributed by atoms with Crippen LogP contribution in [-0.2, 0) is 21.0 Å². The van der Waals surface area contributed by atoms with Crippen molar-refractivity contribution in [3.63, 3.8) is 0 Å². The molecule has 0 saturated carbocycles. The summed E-state index contributed by atoms with van der Waals surface area (Å²) >= 11 is 0. The van der Waals surface area contributed by atoms with E-state index in [2.05, 4.69) is 10.0 Å². The number of ether oxygens (including phenoxy) is 1. The maximum absolute atomic E-state index is 12.7. The van der Waals surface area contributed by atoms with Gasteiger partial charge in [-0.3, -0.25) is 4.79 Å². The zero-order chi connectivity index (χ0) is 21.1. The maximum atomic E-state index is 12.7. The van der Waals surface area contributed by atoms with E-state index >= 15 is 0 Å². The summed E-state index contributed by atoms with van der Waals surface area (Å²) in [7, 11) is -2.57. The van der Waals surface area contributed by atoms with Crippen LogP contribution in [0.15, 0.2) is 47.4 Å². The van der Waals surface area contributed by atoms with Crippen LogP contribution in [0.5, 0.6) is 5.75 Å². The molecule has 1 atom stereocenters. The maximum Gasteiger partial charge on any atom is 0.416 e. The highest BCUT2D eigenvalue weighted by Crippen LogP contribution is 2.30. The van der Waals surface area contributed by atoms with Crippen molar-refractivity contribution in [3.05, 3.63) is 53.6 Å². The van der Waals surface area contributed by atoms with E-state index in [0.717, 1.165) is 18.2 Å². The smallest absolute Gasteiger partial charge is 0.416 e. The Morgan fingerprint density at radius 3 is 2.39 bits per heavy atom. The van der Waals surface area contributed by atoms with Crippen molar-refractivity contribution in [1.82, 2.24) is 4.72 Å². The second-order valence-electron chi connectivity index (χ2n) is 6.04. The molecule has 152 valence electrons. The first-order chi connectivity index (χ1) is 12.9. The number of carbonyl (C=O) groups is 1. The van der Waals surface area contributed by atoms with Crippen LogP contribution in [0.1, 0.15) is 18.1 Å². The Morgan fingerprint density at radius 1 is 1.14 bits per heavy atom. The van der Waals surface area contributed by atoms with Crippen LogP contribution in [0, 0.1) is 6.92 Å². The van der Waals surface area contributed by atoms with Gasteiger partial charge >= 0.3 is 6.18 Å². The van der Waals surface area contributed by atoms with Gasteiger partial charge in [0.1, 0.15) is 5.75 Å². The molecule has 10 heteroatoms.